The molecule has 6 heteroatoms. The molecule has 1 N–H and O–H groups in total. The van der Waals surface area contributed by atoms with Crippen molar-refractivity contribution in [3.63, 3.8) is 0 Å². The van der Waals surface area contributed by atoms with Crippen LogP contribution in [0, 0.1) is 11.3 Å². The summed E-state index contributed by atoms with van der Waals surface area (Å²) in [6, 6.07) is 15.3. The Balaban J connectivity index is 1.80. The first-order valence-corrected chi connectivity index (χ1v) is 7.35. The van der Waals surface area contributed by atoms with Gasteiger partial charge >= 0.3 is 5.97 Å². The van der Waals surface area contributed by atoms with Crippen LogP contribution >= 0.6 is 11.6 Å². The van der Waals surface area contributed by atoms with E-state index in [2.05, 4.69) is 5.32 Å². The summed E-state index contributed by atoms with van der Waals surface area (Å²) in [5, 5.41) is 11.8. The zero-order valence-electron chi connectivity index (χ0n) is 12.5. The summed E-state index contributed by atoms with van der Waals surface area (Å²) in [6.07, 6.45) is 2.76. The fourth-order valence-corrected chi connectivity index (χ4v) is 1.97. The lowest BCUT2D eigenvalue weighted by atomic mass is 10.1. The van der Waals surface area contributed by atoms with Gasteiger partial charge in [0.1, 0.15) is 0 Å². The van der Waals surface area contributed by atoms with Crippen LogP contribution in [-0.4, -0.2) is 18.5 Å². The van der Waals surface area contributed by atoms with Gasteiger partial charge in [-0.05, 0) is 42.0 Å². The van der Waals surface area contributed by atoms with Gasteiger partial charge < -0.3 is 10.1 Å². The van der Waals surface area contributed by atoms with E-state index in [9.17, 15) is 9.59 Å². The summed E-state index contributed by atoms with van der Waals surface area (Å²) in [5.41, 5.74) is 1.80. The van der Waals surface area contributed by atoms with E-state index in [0.717, 1.165) is 5.56 Å². The van der Waals surface area contributed by atoms with Crippen molar-refractivity contribution in [3.05, 3.63) is 70.8 Å². The van der Waals surface area contributed by atoms with Gasteiger partial charge in [0.05, 0.1) is 11.6 Å². The van der Waals surface area contributed by atoms with Gasteiger partial charge in [0.15, 0.2) is 6.61 Å². The number of hydrogen-bond acceptors (Lipinski definition) is 4. The number of rotatable bonds is 5. The Morgan fingerprint density at radius 3 is 2.62 bits per heavy atom. The Morgan fingerprint density at radius 1 is 1.21 bits per heavy atom. The second-order valence-corrected chi connectivity index (χ2v) is 5.17. The van der Waals surface area contributed by atoms with E-state index in [-0.39, 0.29) is 0 Å². The number of nitrogens with zero attached hydrogens (tertiary/aromatic N) is 1. The molecule has 0 spiro atoms. The summed E-state index contributed by atoms with van der Waals surface area (Å²) >= 11 is 5.81. The largest absolute Gasteiger partial charge is 0.452 e. The van der Waals surface area contributed by atoms with Gasteiger partial charge in [0.25, 0.3) is 5.91 Å². The molecular weight excluding hydrogens is 328 g/mol. The lowest BCUT2D eigenvalue weighted by molar-refractivity contribution is -0.142. The highest BCUT2D eigenvalue weighted by Crippen LogP contribution is 2.14. The molecule has 24 heavy (non-hydrogen) atoms. The molecule has 1 amide bonds. The Labute approximate surface area is 144 Å². The van der Waals surface area contributed by atoms with E-state index < -0.39 is 18.5 Å². The number of carbonyl (C=O) groups is 2. The molecule has 120 valence electrons. The van der Waals surface area contributed by atoms with Gasteiger partial charge in [-0.2, -0.15) is 5.26 Å². The highest BCUT2D eigenvalue weighted by molar-refractivity contribution is 6.30. The molecule has 0 heterocycles. The number of amides is 1. The fourth-order valence-electron chi connectivity index (χ4n) is 1.78. The molecule has 2 aromatic rings. The number of anilines is 1. The average Bonchev–Trinajstić information content (AvgIpc) is 2.58. The molecular formula is C18H13ClN2O3. The number of hydrogen-bond donors (Lipinski definition) is 1. The van der Waals surface area contributed by atoms with Gasteiger partial charge in [-0.1, -0.05) is 29.8 Å². The zero-order valence-corrected chi connectivity index (χ0v) is 13.3. The predicted octanol–water partition coefficient (Wildman–Crippen LogP) is 3.41. The monoisotopic (exact) mass is 340 g/mol. The molecule has 2 rings (SSSR count). The minimum atomic E-state index is -0.638. The fraction of sp³-hybridized carbons (Fsp3) is 0.0556. The SMILES string of the molecule is N#Cc1ccc(/C=C/C(=O)OCC(=O)Nc2cccc(Cl)c2)cc1. The van der Waals surface area contributed by atoms with E-state index in [1.807, 2.05) is 6.07 Å². The number of halogens is 1. The molecule has 0 saturated heterocycles. The van der Waals surface area contributed by atoms with Crippen molar-refractivity contribution in [2.24, 2.45) is 0 Å². The zero-order chi connectivity index (χ0) is 17.4. The average molecular weight is 341 g/mol. The molecule has 2 aromatic carbocycles. The van der Waals surface area contributed by atoms with Crippen molar-refractivity contribution in [1.29, 1.82) is 5.26 Å². The smallest absolute Gasteiger partial charge is 0.331 e. The lowest BCUT2D eigenvalue weighted by Crippen LogP contribution is -2.20. The van der Waals surface area contributed by atoms with E-state index in [1.54, 1.807) is 54.6 Å². The maximum atomic E-state index is 11.7. The van der Waals surface area contributed by atoms with Crippen LogP contribution in [0.2, 0.25) is 5.02 Å². The molecule has 0 radical (unpaired) electrons. The topological polar surface area (TPSA) is 79.2 Å². The summed E-state index contributed by atoms with van der Waals surface area (Å²) < 4.78 is 4.85. The van der Waals surface area contributed by atoms with Crippen LogP contribution < -0.4 is 5.32 Å². The maximum absolute atomic E-state index is 11.7. The van der Waals surface area contributed by atoms with Crippen LogP contribution in [0.4, 0.5) is 5.69 Å². The number of esters is 1. The summed E-state index contributed by atoms with van der Waals surface area (Å²) in [4.78, 5) is 23.3. The van der Waals surface area contributed by atoms with Gasteiger partial charge in [-0.25, -0.2) is 4.79 Å². The van der Waals surface area contributed by atoms with Crippen LogP contribution in [0.25, 0.3) is 6.08 Å². The molecule has 0 aliphatic rings. The van der Waals surface area contributed by atoms with E-state index in [0.29, 0.717) is 16.3 Å². The Bertz CT molecular complexity index is 808. The van der Waals surface area contributed by atoms with E-state index >= 15 is 0 Å². The summed E-state index contributed by atoms with van der Waals surface area (Å²) in [5.74, 6) is -1.10. The molecule has 0 aliphatic carbocycles. The van der Waals surface area contributed by atoms with Crippen molar-refractivity contribution in [1.82, 2.24) is 0 Å². The van der Waals surface area contributed by atoms with Gasteiger partial charge in [-0.15, -0.1) is 0 Å². The quantitative estimate of drug-likeness (QED) is 0.668. The minimum absolute atomic E-state index is 0.400. The van der Waals surface area contributed by atoms with Gasteiger partial charge in [0.2, 0.25) is 0 Å². The van der Waals surface area contributed by atoms with Crippen molar-refractivity contribution in [3.8, 4) is 6.07 Å². The third-order valence-corrected chi connectivity index (χ3v) is 3.14. The highest BCUT2D eigenvalue weighted by Gasteiger charge is 2.06. The normalized spacial score (nSPS) is 10.2. The summed E-state index contributed by atoms with van der Waals surface area (Å²) in [6.45, 7) is -0.400. The number of carbonyl (C=O) groups excluding carboxylic acids is 2. The van der Waals surface area contributed by atoms with Crippen LogP contribution in [0.3, 0.4) is 0 Å². The molecule has 0 bridgehead atoms. The second kappa shape index (κ2) is 8.51. The van der Waals surface area contributed by atoms with Crippen molar-refractivity contribution in [2.45, 2.75) is 0 Å². The molecule has 5 nitrogen and oxygen atoms in total. The molecule has 0 fully saturated rings. The van der Waals surface area contributed by atoms with E-state index in [1.165, 1.54) is 6.08 Å². The molecule has 0 saturated carbocycles. The first kappa shape index (κ1) is 17.3. The molecule has 0 aromatic heterocycles. The van der Waals surface area contributed by atoms with Crippen LogP contribution in [0.1, 0.15) is 11.1 Å². The van der Waals surface area contributed by atoms with Crippen molar-refractivity contribution < 1.29 is 14.3 Å². The lowest BCUT2D eigenvalue weighted by Gasteiger charge is -2.05. The minimum Gasteiger partial charge on any atom is -0.452 e. The number of nitriles is 1. The Kier molecular flexibility index (Phi) is 6.12. The predicted molar refractivity (Wildman–Crippen MR) is 91.2 cm³/mol. The van der Waals surface area contributed by atoms with Crippen molar-refractivity contribution >= 4 is 35.2 Å². The van der Waals surface area contributed by atoms with E-state index in [4.69, 9.17) is 21.6 Å². The number of benzene rings is 2. The standard InChI is InChI=1S/C18H13ClN2O3/c19-15-2-1-3-16(10-15)21-17(22)12-24-18(23)9-8-13-4-6-14(11-20)7-5-13/h1-10H,12H2,(H,21,22)/b9-8+. The molecule has 0 aliphatic heterocycles. The number of ether oxygens (including phenoxy) is 1. The van der Waals surface area contributed by atoms with Crippen molar-refractivity contribution in [2.75, 3.05) is 11.9 Å². The Hall–Kier alpha value is -3.10. The molecule has 0 atom stereocenters. The Morgan fingerprint density at radius 2 is 1.96 bits per heavy atom. The third kappa shape index (κ3) is 5.59. The van der Waals surface area contributed by atoms with Gasteiger partial charge in [0, 0.05) is 16.8 Å². The van der Waals surface area contributed by atoms with Crippen LogP contribution in [0.15, 0.2) is 54.6 Å². The summed E-state index contributed by atoms with van der Waals surface area (Å²) in [7, 11) is 0. The van der Waals surface area contributed by atoms with Gasteiger partial charge in [-0.3, -0.25) is 4.79 Å². The first-order chi connectivity index (χ1) is 11.6. The third-order valence-electron chi connectivity index (χ3n) is 2.91. The number of nitrogens with one attached hydrogen (secondary N) is 1. The van der Waals surface area contributed by atoms with Crippen LogP contribution in [-0.2, 0) is 14.3 Å². The first-order valence-electron chi connectivity index (χ1n) is 6.97. The van der Waals surface area contributed by atoms with Crippen LogP contribution in [0.5, 0.6) is 0 Å². The second-order valence-electron chi connectivity index (χ2n) is 4.73. The molecule has 0 unspecified atom stereocenters. The maximum Gasteiger partial charge on any atom is 0.331 e. The highest BCUT2D eigenvalue weighted by atomic mass is 35.5.